The van der Waals surface area contributed by atoms with Crippen LogP contribution in [0.15, 0.2) is 24.3 Å². The van der Waals surface area contributed by atoms with Gasteiger partial charge >= 0.3 is 6.36 Å². The normalized spacial score (nSPS) is 21.4. The predicted molar refractivity (Wildman–Crippen MR) is 66.9 cm³/mol. The van der Waals surface area contributed by atoms with Gasteiger partial charge in [-0.15, -0.1) is 13.2 Å². The highest BCUT2D eigenvalue weighted by molar-refractivity contribution is 5.81. The number of hydrogen-bond donors (Lipinski definition) is 0. The van der Waals surface area contributed by atoms with Crippen molar-refractivity contribution in [2.75, 3.05) is 7.05 Å². The lowest BCUT2D eigenvalue weighted by Crippen LogP contribution is -2.28. The van der Waals surface area contributed by atoms with Crippen molar-refractivity contribution >= 4 is 5.91 Å². The van der Waals surface area contributed by atoms with Crippen LogP contribution in [0.3, 0.4) is 0 Å². The molecular weight excluding hydrogens is 271 g/mol. The van der Waals surface area contributed by atoms with Crippen LogP contribution in [0.25, 0.3) is 0 Å². The Morgan fingerprint density at radius 2 is 2.00 bits per heavy atom. The zero-order chi connectivity index (χ0) is 14.9. The minimum absolute atomic E-state index is 0.00990. The summed E-state index contributed by atoms with van der Waals surface area (Å²) >= 11 is 0. The molecule has 0 heterocycles. The Bertz CT molecular complexity index is 501. The minimum Gasteiger partial charge on any atom is -0.405 e. The highest BCUT2D eigenvalue weighted by atomic mass is 19.4. The first-order valence-electron chi connectivity index (χ1n) is 6.36. The molecule has 0 spiro atoms. The largest absolute Gasteiger partial charge is 0.573 e. The van der Waals surface area contributed by atoms with Gasteiger partial charge in [0, 0.05) is 25.1 Å². The van der Waals surface area contributed by atoms with Crippen molar-refractivity contribution in [3.05, 3.63) is 29.8 Å². The summed E-state index contributed by atoms with van der Waals surface area (Å²) in [5.41, 5.74) is 0.342. The second kappa shape index (κ2) is 5.34. The molecule has 1 amide bonds. The van der Waals surface area contributed by atoms with E-state index in [4.69, 9.17) is 0 Å². The van der Waals surface area contributed by atoms with E-state index in [0.29, 0.717) is 11.5 Å². The van der Waals surface area contributed by atoms with Crippen molar-refractivity contribution < 1.29 is 22.7 Å². The van der Waals surface area contributed by atoms with Gasteiger partial charge < -0.3 is 9.64 Å². The van der Waals surface area contributed by atoms with Gasteiger partial charge in [0.1, 0.15) is 5.75 Å². The summed E-state index contributed by atoms with van der Waals surface area (Å²) in [6.45, 7) is 2.09. The topological polar surface area (TPSA) is 29.5 Å². The number of carbonyl (C=O) groups is 1. The van der Waals surface area contributed by atoms with Gasteiger partial charge in [0.2, 0.25) is 5.91 Å². The smallest absolute Gasteiger partial charge is 0.405 e. The quantitative estimate of drug-likeness (QED) is 0.851. The van der Waals surface area contributed by atoms with Crippen LogP contribution in [0.2, 0.25) is 0 Å². The Morgan fingerprint density at radius 1 is 1.40 bits per heavy atom. The van der Waals surface area contributed by atoms with E-state index in [0.717, 1.165) is 6.42 Å². The summed E-state index contributed by atoms with van der Waals surface area (Å²) in [4.78, 5) is 13.4. The van der Waals surface area contributed by atoms with Crippen LogP contribution in [0.5, 0.6) is 5.75 Å². The second-order valence-corrected chi connectivity index (χ2v) is 5.17. The fourth-order valence-electron chi connectivity index (χ4n) is 2.14. The third-order valence-corrected chi connectivity index (χ3v) is 3.41. The van der Waals surface area contributed by atoms with Crippen molar-refractivity contribution in [3.8, 4) is 5.75 Å². The van der Waals surface area contributed by atoms with Crippen LogP contribution >= 0.6 is 0 Å². The first kappa shape index (κ1) is 14.7. The Kier molecular flexibility index (Phi) is 3.92. The number of amides is 1. The first-order valence-corrected chi connectivity index (χ1v) is 6.36. The molecule has 3 nitrogen and oxygen atoms in total. The number of para-hydroxylation sites is 1. The maximum absolute atomic E-state index is 12.3. The lowest BCUT2D eigenvalue weighted by molar-refractivity contribution is -0.275. The molecule has 0 aliphatic heterocycles. The Labute approximate surface area is 115 Å². The van der Waals surface area contributed by atoms with E-state index in [9.17, 15) is 18.0 Å². The molecule has 0 bridgehead atoms. The van der Waals surface area contributed by atoms with E-state index >= 15 is 0 Å². The molecule has 2 atom stereocenters. The average molecular weight is 287 g/mol. The van der Waals surface area contributed by atoms with E-state index in [-0.39, 0.29) is 24.1 Å². The molecule has 1 saturated carbocycles. The average Bonchev–Trinajstić information content (AvgIpc) is 3.06. The van der Waals surface area contributed by atoms with Gasteiger partial charge in [-0.1, -0.05) is 25.1 Å². The maximum Gasteiger partial charge on any atom is 0.573 e. The molecule has 1 aliphatic rings. The summed E-state index contributed by atoms with van der Waals surface area (Å²) in [6.07, 6.45) is -3.88. The highest BCUT2D eigenvalue weighted by Crippen LogP contribution is 2.39. The lowest BCUT2D eigenvalue weighted by atomic mass is 10.2. The minimum atomic E-state index is -4.73. The lowest BCUT2D eigenvalue weighted by Gasteiger charge is -2.20. The number of rotatable bonds is 4. The maximum atomic E-state index is 12.3. The second-order valence-electron chi connectivity index (χ2n) is 5.17. The van der Waals surface area contributed by atoms with Gasteiger partial charge in [0.15, 0.2) is 0 Å². The third kappa shape index (κ3) is 3.65. The van der Waals surface area contributed by atoms with Gasteiger partial charge in [0.05, 0.1) is 0 Å². The molecule has 1 fully saturated rings. The predicted octanol–water partition coefficient (Wildman–Crippen LogP) is 3.20. The van der Waals surface area contributed by atoms with Crippen molar-refractivity contribution in [1.82, 2.24) is 4.90 Å². The molecule has 0 saturated heterocycles. The van der Waals surface area contributed by atoms with Gasteiger partial charge in [-0.05, 0) is 18.4 Å². The molecule has 20 heavy (non-hydrogen) atoms. The Hall–Kier alpha value is -1.72. The molecule has 0 aromatic heterocycles. The van der Waals surface area contributed by atoms with Gasteiger partial charge in [-0.3, -0.25) is 4.79 Å². The van der Waals surface area contributed by atoms with Gasteiger partial charge in [-0.25, -0.2) is 0 Å². The summed E-state index contributed by atoms with van der Waals surface area (Å²) < 4.78 is 40.9. The van der Waals surface area contributed by atoms with Crippen molar-refractivity contribution in [3.63, 3.8) is 0 Å². The molecule has 0 N–H and O–H groups in total. The number of halogens is 3. The summed E-state index contributed by atoms with van der Waals surface area (Å²) in [7, 11) is 1.59. The SMILES string of the molecule is CC1CC1C(=O)N(C)Cc1ccccc1OC(F)(F)F. The third-order valence-electron chi connectivity index (χ3n) is 3.41. The first-order chi connectivity index (χ1) is 9.28. The zero-order valence-electron chi connectivity index (χ0n) is 11.3. The number of ether oxygens (including phenoxy) is 1. The van der Waals surface area contributed by atoms with Crippen LogP contribution in [0, 0.1) is 11.8 Å². The standard InChI is InChI=1S/C14H16F3NO2/c1-9-7-11(9)13(19)18(2)8-10-5-3-4-6-12(10)20-14(15,16)17/h3-6,9,11H,7-8H2,1-2H3. The van der Waals surface area contributed by atoms with Crippen LogP contribution in [-0.2, 0) is 11.3 Å². The molecule has 1 aromatic carbocycles. The number of nitrogens with zero attached hydrogens (tertiary/aromatic N) is 1. The monoisotopic (exact) mass is 287 g/mol. The molecule has 2 rings (SSSR count). The Morgan fingerprint density at radius 3 is 2.55 bits per heavy atom. The summed E-state index contributed by atoms with van der Waals surface area (Å²) in [6, 6.07) is 5.87. The van der Waals surface area contributed by atoms with Crippen LogP contribution < -0.4 is 4.74 Å². The van der Waals surface area contributed by atoms with Crippen molar-refractivity contribution in [1.29, 1.82) is 0 Å². The number of carbonyl (C=O) groups excluding carboxylic acids is 1. The Balaban J connectivity index is 2.07. The molecular formula is C14H16F3NO2. The van der Waals surface area contributed by atoms with Gasteiger partial charge in [-0.2, -0.15) is 0 Å². The highest BCUT2D eigenvalue weighted by Gasteiger charge is 2.40. The molecule has 110 valence electrons. The zero-order valence-corrected chi connectivity index (χ0v) is 11.3. The van der Waals surface area contributed by atoms with E-state index in [1.54, 1.807) is 13.1 Å². The number of hydrogen-bond acceptors (Lipinski definition) is 2. The molecule has 1 aromatic rings. The fourth-order valence-corrected chi connectivity index (χ4v) is 2.14. The summed E-state index contributed by atoms with van der Waals surface area (Å²) in [5.74, 6) is 0.0881. The van der Waals surface area contributed by atoms with E-state index < -0.39 is 6.36 Å². The van der Waals surface area contributed by atoms with E-state index in [1.165, 1.54) is 23.1 Å². The van der Waals surface area contributed by atoms with Gasteiger partial charge in [0.25, 0.3) is 0 Å². The molecule has 1 aliphatic carbocycles. The number of alkyl halides is 3. The van der Waals surface area contributed by atoms with Crippen LogP contribution in [0.4, 0.5) is 13.2 Å². The van der Waals surface area contributed by atoms with E-state index in [2.05, 4.69) is 4.74 Å². The van der Waals surface area contributed by atoms with E-state index in [1.807, 2.05) is 6.92 Å². The van der Waals surface area contributed by atoms with Crippen molar-refractivity contribution in [2.24, 2.45) is 11.8 Å². The van der Waals surface area contributed by atoms with Crippen LogP contribution in [0.1, 0.15) is 18.9 Å². The summed E-state index contributed by atoms with van der Waals surface area (Å²) in [5, 5.41) is 0. The fraction of sp³-hybridized carbons (Fsp3) is 0.500. The molecule has 0 radical (unpaired) electrons. The molecule has 2 unspecified atom stereocenters. The van der Waals surface area contributed by atoms with Crippen LogP contribution in [-0.4, -0.2) is 24.2 Å². The van der Waals surface area contributed by atoms with Crippen molar-refractivity contribution in [2.45, 2.75) is 26.3 Å². The number of benzene rings is 1. The molecule has 6 heteroatoms.